The van der Waals surface area contributed by atoms with E-state index in [-0.39, 0.29) is 19.1 Å². The maximum Gasteiger partial charge on any atom is 0.0614 e. The molecule has 0 aliphatic carbocycles. The van der Waals surface area contributed by atoms with Gasteiger partial charge >= 0.3 is 0 Å². The maximum atomic E-state index is 9.36. The lowest BCUT2D eigenvalue weighted by molar-refractivity contribution is 0.0205. The van der Waals surface area contributed by atoms with E-state index in [0.717, 1.165) is 0 Å². The Hall–Kier alpha value is -0.120. The smallest absolute Gasteiger partial charge is 0.0614 e. The summed E-state index contributed by atoms with van der Waals surface area (Å²) in [5.41, 5.74) is 0. The fraction of sp³-hybridized carbons (Fsp3) is 1.00. The van der Waals surface area contributed by atoms with Crippen LogP contribution in [-0.4, -0.2) is 34.6 Å². The molecule has 0 aliphatic rings. The van der Waals surface area contributed by atoms with Gasteiger partial charge in [-0.2, -0.15) is 0 Å². The third-order valence-electron chi connectivity index (χ3n) is 1.73. The first kappa shape index (κ1) is 10.9. The number of rotatable bonds is 5. The van der Waals surface area contributed by atoms with E-state index in [4.69, 9.17) is 10.2 Å². The second-order valence-corrected chi connectivity index (χ2v) is 3.32. The average molecular weight is 162 g/mol. The van der Waals surface area contributed by atoms with E-state index in [0.29, 0.717) is 12.3 Å². The van der Waals surface area contributed by atoms with Crippen LogP contribution in [0, 0.1) is 11.8 Å². The van der Waals surface area contributed by atoms with Crippen LogP contribution in [-0.2, 0) is 0 Å². The standard InChI is InChI=1S/C8H18O3/c1-6(2)3-8(11)7(4-9)5-10/h6-11H,3-5H2,1-2H3. The van der Waals surface area contributed by atoms with E-state index >= 15 is 0 Å². The van der Waals surface area contributed by atoms with Gasteiger partial charge in [0.25, 0.3) is 0 Å². The van der Waals surface area contributed by atoms with Gasteiger partial charge in [-0.25, -0.2) is 0 Å². The van der Waals surface area contributed by atoms with Crippen molar-refractivity contribution < 1.29 is 15.3 Å². The molecule has 0 heterocycles. The Bertz CT molecular complexity index is 89.3. The van der Waals surface area contributed by atoms with Crippen molar-refractivity contribution in [2.24, 2.45) is 11.8 Å². The SMILES string of the molecule is CC(C)CC(O)C(CO)CO. The summed E-state index contributed by atoms with van der Waals surface area (Å²) < 4.78 is 0. The first-order chi connectivity index (χ1) is 5.11. The molecule has 0 fully saturated rings. The molecule has 1 unspecified atom stereocenters. The van der Waals surface area contributed by atoms with E-state index in [9.17, 15) is 5.11 Å². The van der Waals surface area contributed by atoms with Gasteiger partial charge in [0.1, 0.15) is 0 Å². The van der Waals surface area contributed by atoms with Crippen LogP contribution in [0.3, 0.4) is 0 Å². The quantitative estimate of drug-likeness (QED) is 0.533. The van der Waals surface area contributed by atoms with Crippen LogP contribution in [0.1, 0.15) is 20.3 Å². The summed E-state index contributed by atoms with van der Waals surface area (Å²) in [6, 6.07) is 0. The Kier molecular flexibility index (Phi) is 5.46. The van der Waals surface area contributed by atoms with Gasteiger partial charge < -0.3 is 15.3 Å². The summed E-state index contributed by atoms with van der Waals surface area (Å²) in [5, 5.41) is 26.7. The molecule has 0 saturated carbocycles. The molecule has 0 aromatic carbocycles. The molecule has 68 valence electrons. The molecule has 0 rings (SSSR count). The van der Waals surface area contributed by atoms with Gasteiger partial charge in [0.05, 0.1) is 19.3 Å². The van der Waals surface area contributed by atoms with Crippen molar-refractivity contribution in [2.45, 2.75) is 26.4 Å². The van der Waals surface area contributed by atoms with Gasteiger partial charge in [0.2, 0.25) is 0 Å². The van der Waals surface area contributed by atoms with E-state index in [1.807, 2.05) is 13.8 Å². The molecule has 11 heavy (non-hydrogen) atoms. The second kappa shape index (κ2) is 5.52. The van der Waals surface area contributed by atoms with E-state index in [1.54, 1.807) is 0 Å². The minimum atomic E-state index is -0.579. The monoisotopic (exact) mass is 162 g/mol. The Morgan fingerprint density at radius 1 is 1.09 bits per heavy atom. The lowest BCUT2D eigenvalue weighted by atomic mass is 9.96. The minimum absolute atomic E-state index is 0.148. The Labute approximate surface area is 67.7 Å². The fourth-order valence-corrected chi connectivity index (χ4v) is 0.977. The lowest BCUT2D eigenvalue weighted by Crippen LogP contribution is -2.28. The summed E-state index contributed by atoms with van der Waals surface area (Å²) in [4.78, 5) is 0. The normalized spacial score (nSPS) is 14.5. The molecular formula is C8H18O3. The van der Waals surface area contributed by atoms with Crippen LogP contribution >= 0.6 is 0 Å². The van der Waals surface area contributed by atoms with Crippen molar-refractivity contribution in [1.82, 2.24) is 0 Å². The number of hydrogen-bond acceptors (Lipinski definition) is 3. The predicted octanol–water partition coefficient (Wildman–Crippen LogP) is -0.00580. The number of hydrogen-bond donors (Lipinski definition) is 3. The average Bonchev–Trinajstić information content (AvgIpc) is 1.88. The van der Waals surface area contributed by atoms with Crippen molar-refractivity contribution in [3.05, 3.63) is 0 Å². The zero-order chi connectivity index (χ0) is 8.85. The van der Waals surface area contributed by atoms with Gasteiger partial charge in [0.15, 0.2) is 0 Å². The first-order valence-corrected chi connectivity index (χ1v) is 4.01. The maximum absolute atomic E-state index is 9.36. The molecule has 3 N–H and O–H groups in total. The first-order valence-electron chi connectivity index (χ1n) is 4.01. The van der Waals surface area contributed by atoms with Crippen molar-refractivity contribution >= 4 is 0 Å². The fourth-order valence-electron chi connectivity index (χ4n) is 0.977. The van der Waals surface area contributed by atoms with Gasteiger partial charge in [-0.05, 0) is 12.3 Å². The summed E-state index contributed by atoms with van der Waals surface area (Å²) in [7, 11) is 0. The molecule has 0 amide bonds. The van der Waals surface area contributed by atoms with E-state index in [2.05, 4.69) is 0 Å². The molecular weight excluding hydrogens is 144 g/mol. The lowest BCUT2D eigenvalue weighted by Gasteiger charge is -2.19. The summed E-state index contributed by atoms with van der Waals surface area (Å²) in [5.74, 6) is 0.0167. The van der Waals surface area contributed by atoms with Crippen molar-refractivity contribution in [3.8, 4) is 0 Å². The second-order valence-electron chi connectivity index (χ2n) is 3.32. The van der Waals surface area contributed by atoms with Gasteiger partial charge in [0, 0.05) is 5.92 Å². The Balaban J connectivity index is 3.68. The number of aliphatic hydroxyl groups is 3. The highest BCUT2D eigenvalue weighted by Crippen LogP contribution is 2.12. The highest BCUT2D eigenvalue weighted by Gasteiger charge is 2.17. The Morgan fingerprint density at radius 3 is 1.82 bits per heavy atom. The highest BCUT2D eigenvalue weighted by molar-refractivity contribution is 4.68. The highest BCUT2D eigenvalue weighted by atomic mass is 16.3. The summed E-state index contributed by atoms with van der Waals surface area (Å²) >= 11 is 0. The molecule has 0 saturated heterocycles. The van der Waals surface area contributed by atoms with Gasteiger partial charge in [-0.15, -0.1) is 0 Å². The van der Waals surface area contributed by atoms with Gasteiger partial charge in [-0.3, -0.25) is 0 Å². The minimum Gasteiger partial charge on any atom is -0.396 e. The zero-order valence-electron chi connectivity index (χ0n) is 7.20. The molecule has 3 heteroatoms. The van der Waals surface area contributed by atoms with Crippen LogP contribution in [0.4, 0.5) is 0 Å². The van der Waals surface area contributed by atoms with Crippen LogP contribution in [0.25, 0.3) is 0 Å². The van der Waals surface area contributed by atoms with E-state index < -0.39 is 6.10 Å². The predicted molar refractivity (Wildman–Crippen MR) is 43.1 cm³/mol. The molecule has 1 atom stereocenters. The van der Waals surface area contributed by atoms with Crippen molar-refractivity contribution in [1.29, 1.82) is 0 Å². The third kappa shape index (κ3) is 4.35. The van der Waals surface area contributed by atoms with Crippen molar-refractivity contribution in [3.63, 3.8) is 0 Å². The largest absolute Gasteiger partial charge is 0.396 e. The summed E-state index contributed by atoms with van der Waals surface area (Å²) in [6.45, 7) is 3.69. The molecule has 0 spiro atoms. The van der Waals surface area contributed by atoms with Crippen LogP contribution in [0.5, 0.6) is 0 Å². The molecule has 3 nitrogen and oxygen atoms in total. The third-order valence-corrected chi connectivity index (χ3v) is 1.73. The summed E-state index contributed by atoms with van der Waals surface area (Å²) in [6.07, 6.45) is 0.0520. The molecule has 0 aromatic rings. The molecule has 0 radical (unpaired) electrons. The molecule has 0 aromatic heterocycles. The topological polar surface area (TPSA) is 60.7 Å². The molecule has 0 aliphatic heterocycles. The molecule has 0 bridgehead atoms. The van der Waals surface area contributed by atoms with Gasteiger partial charge in [-0.1, -0.05) is 13.8 Å². The Morgan fingerprint density at radius 2 is 1.55 bits per heavy atom. The zero-order valence-corrected chi connectivity index (χ0v) is 7.20. The number of aliphatic hydroxyl groups excluding tert-OH is 3. The van der Waals surface area contributed by atoms with Crippen molar-refractivity contribution in [2.75, 3.05) is 13.2 Å². The van der Waals surface area contributed by atoms with Crippen LogP contribution in [0.2, 0.25) is 0 Å². The van der Waals surface area contributed by atoms with Crippen LogP contribution in [0.15, 0.2) is 0 Å². The van der Waals surface area contributed by atoms with E-state index in [1.165, 1.54) is 0 Å². The van der Waals surface area contributed by atoms with Crippen LogP contribution < -0.4 is 0 Å².